The van der Waals surface area contributed by atoms with Crippen LogP contribution in [0, 0.1) is 5.92 Å². The van der Waals surface area contributed by atoms with E-state index in [0.717, 1.165) is 16.8 Å². The van der Waals surface area contributed by atoms with E-state index in [1.807, 2.05) is 66.9 Å². The number of para-hydroxylation sites is 1. The number of amides is 1. The molecule has 6 heteroatoms. The largest absolute Gasteiger partial charge is 0.466 e. The van der Waals surface area contributed by atoms with Gasteiger partial charge in [0.15, 0.2) is 0 Å². The van der Waals surface area contributed by atoms with Crippen molar-refractivity contribution in [1.29, 1.82) is 0 Å². The lowest BCUT2D eigenvalue weighted by Crippen LogP contribution is -2.34. The molecule has 30 heavy (non-hydrogen) atoms. The number of ether oxygens (including phenoxy) is 1. The van der Waals surface area contributed by atoms with Crippen LogP contribution < -0.4 is 5.32 Å². The zero-order chi connectivity index (χ0) is 21.2. The van der Waals surface area contributed by atoms with Crippen LogP contribution in [0.2, 0.25) is 0 Å². The second-order valence-corrected chi connectivity index (χ2v) is 6.77. The molecule has 0 saturated carbocycles. The molecule has 0 spiro atoms. The lowest BCUT2D eigenvalue weighted by atomic mass is 9.99. The molecule has 0 bridgehead atoms. The van der Waals surface area contributed by atoms with Crippen molar-refractivity contribution >= 4 is 18.0 Å². The highest BCUT2D eigenvalue weighted by Gasteiger charge is 2.20. The topological polar surface area (TPSA) is 73.2 Å². The SMILES string of the molecule is CCOC(=O)C(CNC(=O)/C=C/c1cnn(-c2ccccc2)c1)Cc1ccccc1. The molecule has 154 valence electrons. The van der Waals surface area contributed by atoms with Crippen LogP contribution in [0.1, 0.15) is 18.1 Å². The first kappa shape index (κ1) is 21.0. The van der Waals surface area contributed by atoms with Gasteiger partial charge in [0.2, 0.25) is 5.91 Å². The molecule has 0 saturated heterocycles. The smallest absolute Gasteiger partial charge is 0.311 e. The van der Waals surface area contributed by atoms with Crippen molar-refractivity contribution in [2.24, 2.45) is 5.92 Å². The molecule has 1 N–H and O–H groups in total. The number of carbonyl (C=O) groups excluding carboxylic acids is 2. The molecule has 0 radical (unpaired) electrons. The Morgan fingerprint density at radius 3 is 2.50 bits per heavy atom. The van der Waals surface area contributed by atoms with Gasteiger partial charge < -0.3 is 10.1 Å². The number of benzene rings is 2. The van der Waals surface area contributed by atoms with Gasteiger partial charge in [-0.2, -0.15) is 5.10 Å². The van der Waals surface area contributed by atoms with Gasteiger partial charge in [-0.15, -0.1) is 0 Å². The first-order valence-corrected chi connectivity index (χ1v) is 9.92. The fourth-order valence-corrected chi connectivity index (χ4v) is 3.00. The van der Waals surface area contributed by atoms with E-state index < -0.39 is 5.92 Å². The summed E-state index contributed by atoms with van der Waals surface area (Å²) in [6.45, 7) is 2.29. The fourth-order valence-electron chi connectivity index (χ4n) is 3.00. The van der Waals surface area contributed by atoms with E-state index in [4.69, 9.17) is 4.74 Å². The molecule has 0 aliphatic rings. The third-order valence-electron chi connectivity index (χ3n) is 4.52. The van der Waals surface area contributed by atoms with Crippen molar-refractivity contribution in [3.63, 3.8) is 0 Å². The first-order chi connectivity index (χ1) is 14.7. The van der Waals surface area contributed by atoms with Gasteiger partial charge in [0.05, 0.1) is 24.4 Å². The van der Waals surface area contributed by atoms with Gasteiger partial charge in [-0.05, 0) is 37.1 Å². The molecule has 0 aliphatic heterocycles. The number of aromatic nitrogens is 2. The number of hydrogen-bond donors (Lipinski definition) is 1. The van der Waals surface area contributed by atoms with Crippen LogP contribution >= 0.6 is 0 Å². The third kappa shape index (κ3) is 6.17. The van der Waals surface area contributed by atoms with Crippen molar-refractivity contribution in [2.45, 2.75) is 13.3 Å². The monoisotopic (exact) mass is 403 g/mol. The maximum Gasteiger partial charge on any atom is 0.311 e. The van der Waals surface area contributed by atoms with Gasteiger partial charge in [0.25, 0.3) is 0 Å². The van der Waals surface area contributed by atoms with Crippen molar-refractivity contribution in [2.75, 3.05) is 13.2 Å². The molecule has 0 aliphatic carbocycles. The molecule has 1 atom stereocenters. The number of esters is 1. The lowest BCUT2D eigenvalue weighted by Gasteiger charge is -2.16. The Hall–Kier alpha value is -3.67. The van der Waals surface area contributed by atoms with E-state index in [-0.39, 0.29) is 18.4 Å². The molecule has 1 heterocycles. The van der Waals surface area contributed by atoms with E-state index in [9.17, 15) is 9.59 Å². The van der Waals surface area contributed by atoms with Crippen molar-refractivity contribution < 1.29 is 14.3 Å². The first-order valence-electron chi connectivity index (χ1n) is 9.92. The molecule has 1 amide bonds. The minimum absolute atomic E-state index is 0.209. The number of carbonyl (C=O) groups is 2. The second-order valence-electron chi connectivity index (χ2n) is 6.77. The quantitative estimate of drug-likeness (QED) is 0.439. The van der Waals surface area contributed by atoms with E-state index >= 15 is 0 Å². The average Bonchev–Trinajstić information content (AvgIpc) is 3.26. The summed E-state index contributed by atoms with van der Waals surface area (Å²) < 4.78 is 6.91. The number of nitrogens with one attached hydrogen (secondary N) is 1. The van der Waals surface area contributed by atoms with Gasteiger partial charge in [-0.3, -0.25) is 9.59 Å². The Bertz CT molecular complexity index is 981. The predicted octanol–water partition coefficient (Wildman–Crippen LogP) is 3.42. The summed E-state index contributed by atoms with van der Waals surface area (Å²) in [6, 6.07) is 19.4. The predicted molar refractivity (Wildman–Crippen MR) is 116 cm³/mol. The Morgan fingerprint density at radius 1 is 1.10 bits per heavy atom. The zero-order valence-electron chi connectivity index (χ0n) is 16.9. The van der Waals surface area contributed by atoms with E-state index in [0.29, 0.717) is 13.0 Å². The van der Waals surface area contributed by atoms with Crippen LogP contribution in [0.4, 0.5) is 0 Å². The Kier molecular flexibility index (Phi) is 7.55. The minimum atomic E-state index is -0.439. The van der Waals surface area contributed by atoms with Gasteiger partial charge in [-0.1, -0.05) is 48.5 Å². The molecule has 3 aromatic rings. The van der Waals surface area contributed by atoms with E-state index in [1.165, 1.54) is 6.08 Å². The molecule has 1 aromatic heterocycles. The van der Waals surface area contributed by atoms with Gasteiger partial charge in [0, 0.05) is 24.4 Å². The average molecular weight is 403 g/mol. The number of hydrogen-bond acceptors (Lipinski definition) is 4. The van der Waals surface area contributed by atoms with Crippen LogP contribution in [0.5, 0.6) is 0 Å². The zero-order valence-corrected chi connectivity index (χ0v) is 16.9. The Balaban J connectivity index is 1.57. The minimum Gasteiger partial charge on any atom is -0.466 e. The Labute approximate surface area is 176 Å². The lowest BCUT2D eigenvalue weighted by molar-refractivity contribution is -0.147. The summed E-state index contributed by atoms with van der Waals surface area (Å²) in [6.07, 6.45) is 7.17. The highest BCUT2D eigenvalue weighted by Crippen LogP contribution is 2.11. The second kappa shape index (κ2) is 10.8. The Morgan fingerprint density at radius 2 is 1.80 bits per heavy atom. The van der Waals surface area contributed by atoms with Crippen LogP contribution in [-0.2, 0) is 20.7 Å². The molecule has 3 rings (SSSR count). The number of nitrogens with zero attached hydrogens (tertiary/aromatic N) is 2. The maximum atomic E-state index is 12.3. The summed E-state index contributed by atoms with van der Waals surface area (Å²) in [4.78, 5) is 24.5. The van der Waals surface area contributed by atoms with Crippen LogP contribution in [0.25, 0.3) is 11.8 Å². The van der Waals surface area contributed by atoms with Crippen molar-refractivity contribution in [3.8, 4) is 5.69 Å². The molecule has 6 nitrogen and oxygen atoms in total. The fraction of sp³-hybridized carbons (Fsp3) is 0.208. The summed E-state index contributed by atoms with van der Waals surface area (Å²) in [5.41, 5.74) is 2.77. The summed E-state index contributed by atoms with van der Waals surface area (Å²) in [5.74, 6) is -1.02. The van der Waals surface area contributed by atoms with E-state index in [1.54, 1.807) is 23.9 Å². The molecule has 0 fully saturated rings. The highest BCUT2D eigenvalue weighted by atomic mass is 16.5. The van der Waals surface area contributed by atoms with Crippen molar-refractivity contribution in [3.05, 3.63) is 90.3 Å². The molecular weight excluding hydrogens is 378 g/mol. The van der Waals surface area contributed by atoms with Crippen LogP contribution in [0.3, 0.4) is 0 Å². The van der Waals surface area contributed by atoms with Crippen LogP contribution in [-0.4, -0.2) is 34.8 Å². The maximum absolute atomic E-state index is 12.3. The molecule has 1 unspecified atom stereocenters. The highest BCUT2D eigenvalue weighted by molar-refractivity contribution is 5.92. The van der Waals surface area contributed by atoms with Gasteiger partial charge >= 0.3 is 5.97 Å². The van der Waals surface area contributed by atoms with Gasteiger partial charge in [0.1, 0.15) is 0 Å². The summed E-state index contributed by atoms with van der Waals surface area (Å²) in [7, 11) is 0. The molecular formula is C24H25N3O3. The van der Waals surface area contributed by atoms with Crippen molar-refractivity contribution in [1.82, 2.24) is 15.1 Å². The van der Waals surface area contributed by atoms with Gasteiger partial charge in [-0.25, -0.2) is 4.68 Å². The third-order valence-corrected chi connectivity index (χ3v) is 4.52. The summed E-state index contributed by atoms with van der Waals surface area (Å²) >= 11 is 0. The normalized spacial score (nSPS) is 11.9. The molecule has 2 aromatic carbocycles. The van der Waals surface area contributed by atoms with E-state index in [2.05, 4.69) is 10.4 Å². The van der Waals surface area contributed by atoms with Crippen LogP contribution in [0.15, 0.2) is 79.1 Å². The number of rotatable bonds is 9. The standard InChI is InChI=1S/C24H25N3O3/c1-2-30-24(29)21(15-19-9-5-3-6-10-19)17-25-23(28)14-13-20-16-26-27(18-20)22-11-7-4-8-12-22/h3-14,16,18,21H,2,15,17H2,1H3,(H,25,28)/b14-13+. The summed E-state index contributed by atoms with van der Waals surface area (Å²) in [5, 5.41) is 7.10.